The van der Waals surface area contributed by atoms with E-state index in [2.05, 4.69) is 46.7 Å². The maximum absolute atomic E-state index is 3.59. The molecule has 1 aliphatic heterocycles. The van der Waals surface area contributed by atoms with Gasteiger partial charge in [0.1, 0.15) is 0 Å². The quantitative estimate of drug-likeness (QED) is 0.852. The van der Waals surface area contributed by atoms with Crippen LogP contribution in [0.5, 0.6) is 0 Å². The molecule has 1 unspecified atom stereocenters. The topological polar surface area (TPSA) is 24.1 Å². The van der Waals surface area contributed by atoms with Crippen molar-refractivity contribution in [3.63, 3.8) is 0 Å². The van der Waals surface area contributed by atoms with Crippen LogP contribution in [0.15, 0.2) is 29.2 Å². The third-order valence-electron chi connectivity index (χ3n) is 4.45. The highest BCUT2D eigenvalue weighted by molar-refractivity contribution is 8.00. The van der Waals surface area contributed by atoms with Gasteiger partial charge in [-0.3, -0.25) is 0 Å². The number of benzene rings is 1. The fourth-order valence-electron chi connectivity index (χ4n) is 3.21. The lowest BCUT2D eigenvalue weighted by atomic mass is 10.00. The van der Waals surface area contributed by atoms with Crippen LogP contribution in [0.1, 0.15) is 38.5 Å². The van der Waals surface area contributed by atoms with Gasteiger partial charge in [-0.05, 0) is 69.0 Å². The zero-order chi connectivity index (χ0) is 13.6. The minimum absolute atomic E-state index is 0.788. The van der Waals surface area contributed by atoms with Gasteiger partial charge < -0.3 is 10.6 Å². The van der Waals surface area contributed by atoms with E-state index < -0.39 is 0 Å². The Hall–Kier alpha value is -0.670. The molecule has 1 aromatic rings. The Morgan fingerprint density at radius 2 is 1.85 bits per heavy atom. The van der Waals surface area contributed by atoms with Crippen LogP contribution in [0.2, 0.25) is 0 Å². The molecule has 1 aromatic carbocycles. The van der Waals surface area contributed by atoms with E-state index in [1.807, 2.05) is 0 Å². The van der Waals surface area contributed by atoms with E-state index in [4.69, 9.17) is 0 Å². The van der Waals surface area contributed by atoms with E-state index in [0.29, 0.717) is 0 Å². The summed E-state index contributed by atoms with van der Waals surface area (Å²) in [5.41, 5.74) is 1.27. The summed E-state index contributed by atoms with van der Waals surface area (Å²) in [5, 5.41) is 7.93. The van der Waals surface area contributed by atoms with Gasteiger partial charge in [0.2, 0.25) is 0 Å². The number of hydrogen-bond acceptors (Lipinski definition) is 3. The first-order valence-corrected chi connectivity index (χ1v) is 8.99. The van der Waals surface area contributed by atoms with Crippen molar-refractivity contribution in [1.82, 2.24) is 5.32 Å². The maximum Gasteiger partial charge on any atom is 0.0341 e. The van der Waals surface area contributed by atoms with E-state index in [1.54, 1.807) is 0 Å². The van der Waals surface area contributed by atoms with Crippen molar-refractivity contribution in [2.24, 2.45) is 5.92 Å². The summed E-state index contributed by atoms with van der Waals surface area (Å²) in [7, 11) is 0. The van der Waals surface area contributed by atoms with Gasteiger partial charge in [-0.15, -0.1) is 11.8 Å². The number of thioether (sulfide) groups is 1. The van der Waals surface area contributed by atoms with E-state index in [9.17, 15) is 0 Å². The maximum atomic E-state index is 3.59. The number of rotatable bonds is 5. The second-order valence-corrected chi connectivity index (χ2v) is 7.52. The number of piperidine rings is 1. The average Bonchev–Trinajstić information content (AvgIpc) is 3.01. The molecule has 3 heteroatoms. The van der Waals surface area contributed by atoms with E-state index >= 15 is 0 Å². The molecule has 2 fully saturated rings. The van der Waals surface area contributed by atoms with Gasteiger partial charge in [-0.2, -0.15) is 0 Å². The average molecular weight is 290 g/mol. The van der Waals surface area contributed by atoms with Crippen LogP contribution in [0.25, 0.3) is 0 Å². The Kier molecular flexibility index (Phi) is 5.26. The zero-order valence-electron chi connectivity index (χ0n) is 12.2. The Morgan fingerprint density at radius 3 is 2.55 bits per heavy atom. The van der Waals surface area contributed by atoms with Gasteiger partial charge in [0, 0.05) is 22.4 Å². The third-order valence-corrected chi connectivity index (χ3v) is 5.80. The summed E-state index contributed by atoms with van der Waals surface area (Å²) in [6, 6.07) is 9.05. The lowest BCUT2D eigenvalue weighted by molar-refractivity contribution is 0.393. The minimum atomic E-state index is 0.788. The first-order chi connectivity index (χ1) is 9.90. The molecule has 3 rings (SSSR count). The van der Waals surface area contributed by atoms with Gasteiger partial charge in [0.15, 0.2) is 0 Å². The van der Waals surface area contributed by atoms with E-state index in [0.717, 1.165) is 17.7 Å². The van der Waals surface area contributed by atoms with Crippen molar-refractivity contribution in [2.45, 2.75) is 48.7 Å². The molecule has 1 saturated heterocycles. The van der Waals surface area contributed by atoms with Crippen molar-refractivity contribution >= 4 is 17.4 Å². The van der Waals surface area contributed by atoms with Crippen LogP contribution < -0.4 is 10.6 Å². The summed E-state index contributed by atoms with van der Waals surface area (Å²) in [5.74, 6) is 0.788. The predicted octanol–water partition coefficient (Wildman–Crippen LogP) is 4.13. The van der Waals surface area contributed by atoms with Gasteiger partial charge in [-0.25, -0.2) is 0 Å². The van der Waals surface area contributed by atoms with Crippen molar-refractivity contribution in [1.29, 1.82) is 0 Å². The molecule has 2 nitrogen and oxygen atoms in total. The molecular formula is C17H26N2S. The Morgan fingerprint density at radius 1 is 1.05 bits per heavy atom. The molecule has 2 aliphatic rings. The summed E-state index contributed by atoms with van der Waals surface area (Å²) in [4.78, 5) is 1.43. The first kappa shape index (κ1) is 14.3. The normalized spacial score (nSPS) is 23.9. The monoisotopic (exact) mass is 290 g/mol. The van der Waals surface area contributed by atoms with Gasteiger partial charge in [0.25, 0.3) is 0 Å². The van der Waals surface area contributed by atoms with Crippen molar-refractivity contribution in [3.05, 3.63) is 24.3 Å². The molecule has 1 heterocycles. The smallest absolute Gasteiger partial charge is 0.0341 e. The Bertz CT molecular complexity index is 392. The molecule has 2 N–H and O–H groups in total. The zero-order valence-corrected chi connectivity index (χ0v) is 13.1. The molecule has 20 heavy (non-hydrogen) atoms. The van der Waals surface area contributed by atoms with E-state index in [-0.39, 0.29) is 0 Å². The van der Waals surface area contributed by atoms with Crippen molar-refractivity contribution in [2.75, 3.05) is 25.0 Å². The SMILES string of the molecule is c1cc(SC2CCCC2)ccc1NCC1CCCNC1. The van der Waals surface area contributed by atoms with Crippen LogP contribution in [-0.4, -0.2) is 24.9 Å². The van der Waals surface area contributed by atoms with Gasteiger partial charge in [0.05, 0.1) is 0 Å². The standard InChI is InChI=1S/C17H26N2S/c1-2-6-16(5-1)20-17-9-7-15(8-10-17)19-13-14-4-3-11-18-12-14/h7-10,14,16,18-19H,1-6,11-13H2. The molecule has 1 saturated carbocycles. The molecule has 0 aromatic heterocycles. The molecule has 0 spiro atoms. The first-order valence-electron chi connectivity index (χ1n) is 8.11. The lowest BCUT2D eigenvalue weighted by Gasteiger charge is -2.23. The largest absolute Gasteiger partial charge is 0.385 e. The van der Waals surface area contributed by atoms with Crippen LogP contribution in [-0.2, 0) is 0 Å². The van der Waals surface area contributed by atoms with E-state index in [1.165, 1.54) is 62.2 Å². The molecule has 110 valence electrons. The van der Waals surface area contributed by atoms with Crippen LogP contribution in [0.3, 0.4) is 0 Å². The number of anilines is 1. The second kappa shape index (κ2) is 7.37. The van der Waals surface area contributed by atoms with Crippen molar-refractivity contribution in [3.8, 4) is 0 Å². The van der Waals surface area contributed by atoms with Crippen LogP contribution in [0, 0.1) is 5.92 Å². The van der Waals surface area contributed by atoms with Gasteiger partial charge in [-0.1, -0.05) is 12.8 Å². The Balaban J connectivity index is 1.45. The number of hydrogen-bond donors (Lipinski definition) is 2. The highest BCUT2D eigenvalue weighted by Gasteiger charge is 2.16. The lowest BCUT2D eigenvalue weighted by Crippen LogP contribution is -2.33. The summed E-state index contributed by atoms with van der Waals surface area (Å²) in [6.07, 6.45) is 8.33. The summed E-state index contributed by atoms with van der Waals surface area (Å²) >= 11 is 2.07. The van der Waals surface area contributed by atoms with Crippen LogP contribution in [0.4, 0.5) is 5.69 Å². The number of nitrogens with one attached hydrogen (secondary N) is 2. The molecule has 0 radical (unpaired) electrons. The van der Waals surface area contributed by atoms with Crippen LogP contribution >= 0.6 is 11.8 Å². The fourth-order valence-corrected chi connectivity index (χ4v) is 4.46. The predicted molar refractivity (Wildman–Crippen MR) is 88.6 cm³/mol. The highest BCUT2D eigenvalue weighted by atomic mass is 32.2. The third kappa shape index (κ3) is 4.16. The minimum Gasteiger partial charge on any atom is -0.385 e. The summed E-state index contributed by atoms with van der Waals surface area (Å²) < 4.78 is 0. The molecule has 0 amide bonds. The molecule has 1 atom stereocenters. The van der Waals surface area contributed by atoms with Crippen molar-refractivity contribution < 1.29 is 0 Å². The summed E-state index contributed by atoms with van der Waals surface area (Å²) in [6.45, 7) is 3.47. The fraction of sp³-hybridized carbons (Fsp3) is 0.647. The Labute approximate surface area is 127 Å². The molecule has 0 bridgehead atoms. The van der Waals surface area contributed by atoms with Gasteiger partial charge >= 0.3 is 0 Å². The molecule has 1 aliphatic carbocycles. The molecular weight excluding hydrogens is 264 g/mol. The second-order valence-electron chi connectivity index (χ2n) is 6.14. The highest BCUT2D eigenvalue weighted by Crippen LogP contribution is 2.34.